The highest BCUT2D eigenvalue weighted by molar-refractivity contribution is 7.80. The average Bonchev–Trinajstić information content (AvgIpc) is 2.25. The minimum absolute atomic E-state index is 0.206. The fourth-order valence-corrected chi connectivity index (χ4v) is 1.16. The van der Waals surface area contributed by atoms with Crippen LogP contribution in [0.1, 0.15) is 12.5 Å². The van der Waals surface area contributed by atoms with Gasteiger partial charge in [0.2, 0.25) is 0 Å². The molecular weight excluding hydrogens is 237 g/mol. The van der Waals surface area contributed by atoms with Gasteiger partial charge in [0, 0.05) is 0 Å². The molecule has 1 nitrogen and oxygen atoms in total. The summed E-state index contributed by atoms with van der Waals surface area (Å²) >= 11 is 4.07. The van der Waals surface area contributed by atoms with Crippen LogP contribution >= 0.6 is 12.6 Å². The molecule has 0 aliphatic heterocycles. The predicted molar refractivity (Wildman–Crippen MR) is 60.0 cm³/mol. The second-order valence-electron chi connectivity index (χ2n) is 3.62. The largest absolute Gasteiger partial charge is 0.493 e. The van der Waals surface area contributed by atoms with E-state index in [1.165, 1.54) is 12.1 Å². The standard InChI is InChI=1S/C11H13F3OS/c1-8(7-16)6-15-10-4-2-3-9(5-10)11(12,13)14/h2-5,8,16H,6-7H2,1H3. The Morgan fingerprint density at radius 2 is 2.06 bits per heavy atom. The first kappa shape index (κ1) is 13.2. The number of thiol groups is 1. The summed E-state index contributed by atoms with van der Waals surface area (Å²) in [6, 6.07) is 4.88. The molecule has 0 fully saturated rings. The van der Waals surface area contributed by atoms with Crippen molar-refractivity contribution in [3.63, 3.8) is 0 Å². The Bertz CT molecular complexity index is 338. The molecule has 1 aromatic carbocycles. The van der Waals surface area contributed by atoms with E-state index in [9.17, 15) is 13.2 Å². The minimum atomic E-state index is -4.32. The van der Waals surface area contributed by atoms with E-state index in [2.05, 4.69) is 12.6 Å². The normalized spacial score (nSPS) is 13.6. The zero-order chi connectivity index (χ0) is 12.2. The fourth-order valence-electron chi connectivity index (χ4n) is 1.05. The molecule has 0 radical (unpaired) electrons. The second-order valence-corrected chi connectivity index (χ2v) is 3.99. The van der Waals surface area contributed by atoms with Gasteiger partial charge in [0.05, 0.1) is 12.2 Å². The van der Waals surface area contributed by atoms with Gasteiger partial charge in [-0.25, -0.2) is 0 Å². The van der Waals surface area contributed by atoms with E-state index >= 15 is 0 Å². The van der Waals surface area contributed by atoms with Crippen LogP contribution in [-0.4, -0.2) is 12.4 Å². The third-order valence-corrected chi connectivity index (χ3v) is 2.63. The predicted octanol–water partition coefficient (Wildman–Crippen LogP) is 3.65. The first-order valence-electron chi connectivity index (χ1n) is 4.84. The molecule has 0 aromatic heterocycles. The molecule has 0 N–H and O–H groups in total. The smallest absolute Gasteiger partial charge is 0.416 e. The topological polar surface area (TPSA) is 9.23 Å². The lowest BCUT2D eigenvalue weighted by Crippen LogP contribution is -2.10. The van der Waals surface area contributed by atoms with Crippen molar-refractivity contribution in [1.29, 1.82) is 0 Å². The molecule has 0 saturated carbocycles. The van der Waals surface area contributed by atoms with Gasteiger partial charge in [-0.3, -0.25) is 0 Å². The van der Waals surface area contributed by atoms with E-state index in [1.807, 2.05) is 6.92 Å². The molecule has 0 spiro atoms. The summed E-state index contributed by atoms with van der Waals surface area (Å²) in [4.78, 5) is 0. The molecule has 1 rings (SSSR count). The highest BCUT2D eigenvalue weighted by Crippen LogP contribution is 2.31. The van der Waals surface area contributed by atoms with Crippen molar-refractivity contribution in [2.45, 2.75) is 13.1 Å². The van der Waals surface area contributed by atoms with E-state index in [1.54, 1.807) is 0 Å². The number of rotatable bonds is 4. The van der Waals surface area contributed by atoms with E-state index in [4.69, 9.17) is 4.74 Å². The van der Waals surface area contributed by atoms with Crippen LogP contribution in [0.25, 0.3) is 0 Å². The molecule has 1 aromatic rings. The highest BCUT2D eigenvalue weighted by atomic mass is 32.1. The molecule has 0 aliphatic carbocycles. The first-order chi connectivity index (χ1) is 7.43. The maximum atomic E-state index is 12.4. The summed E-state index contributed by atoms with van der Waals surface area (Å²) in [5.74, 6) is 1.08. The van der Waals surface area contributed by atoms with Gasteiger partial charge in [0.1, 0.15) is 5.75 Å². The van der Waals surface area contributed by atoms with Gasteiger partial charge >= 0.3 is 6.18 Å². The van der Waals surface area contributed by atoms with Crippen molar-refractivity contribution >= 4 is 12.6 Å². The van der Waals surface area contributed by atoms with Crippen LogP contribution in [0.2, 0.25) is 0 Å². The Labute approximate surface area is 98.0 Å². The Morgan fingerprint density at radius 1 is 1.38 bits per heavy atom. The number of benzene rings is 1. The molecular formula is C11H13F3OS. The van der Waals surface area contributed by atoms with Crippen LogP contribution in [0.3, 0.4) is 0 Å². The van der Waals surface area contributed by atoms with Gasteiger partial charge < -0.3 is 4.74 Å². The van der Waals surface area contributed by atoms with E-state index < -0.39 is 11.7 Å². The van der Waals surface area contributed by atoms with Crippen molar-refractivity contribution in [3.8, 4) is 5.75 Å². The van der Waals surface area contributed by atoms with Crippen molar-refractivity contribution in [2.24, 2.45) is 5.92 Å². The third-order valence-electron chi connectivity index (χ3n) is 2.01. The lowest BCUT2D eigenvalue weighted by Gasteiger charge is -2.12. The average molecular weight is 250 g/mol. The minimum Gasteiger partial charge on any atom is -0.493 e. The van der Waals surface area contributed by atoms with Gasteiger partial charge in [-0.05, 0) is 29.9 Å². The summed E-state index contributed by atoms with van der Waals surface area (Å²) in [5.41, 5.74) is -0.691. The molecule has 90 valence electrons. The monoisotopic (exact) mass is 250 g/mol. The first-order valence-corrected chi connectivity index (χ1v) is 5.47. The maximum absolute atomic E-state index is 12.4. The SMILES string of the molecule is CC(CS)COc1cccc(C(F)(F)F)c1. The van der Waals surface area contributed by atoms with E-state index in [0.717, 1.165) is 12.1 Å². The van der Waals surface area contributed by atoms with Gasteiger partial charge in [-0.15, -0.1) is 0 Å². The van der Waals surface area contributed by atoms with Crippen LogP contribution in [0.5, 0.6) is 5.75 Å². The summed E-state index contributed by atoms with van der Waals surface area (Å²) in [7, 11) is 0. The molecule has 0 saturated heterocycles. The highest BCUT2D eigenvalue weighted by Gasteiger charge is 2.30. The number of hydrogen-bond donors (Lipinski definition) is 1. The molecule has 0 heterocycles. The lowest BCUT2D eigenvalue weighted by molar-refractivity contribution is -0.137. The lowest BCUT2D eigenvalue weighted by atomic mass is 10.2. The van der Waals surface area contributed by atoms with Crippen LogP contribution in [-0.2, 0) is 6.18 Å². The number of ether oxygens (including phenoxy) is 1. The molecule has 1 atom stereocenters. The third kappa shape index (κ3) is 3.96. The van der Waals surface area contributed by atoms with Gasteiger partial charge in [-0.2, -0.15) is 25.8 Å². The maximum Gasteiger partial charge on any atom is 0.416 e. The van der Waals surface area contributed by atoms with Crippen LogP contribution in [0.15, 0.2) is 24.3 Å². The Kier molecular flexibility index (Phi) is 4.53. The Balaban J connectivity index is 2.68. The molecule has 16 heavy (non-hydrogen) atoms. The fraction of sp³-hybridized carbons (Fsp3) is 0.455. The van der Waals surface area contributed by atoms with Crippen molar-refractivity contribution in [2.75, 3.05) is 12.4 Å². The Hall–Kier alpha value is -0.840. The van der Waals surface area contributed by atoms with E-state index in [0.29, 0.717) is 12.4 Å². The second kappa shape index (κ2) is 5.48. The van der Waals surface area contributed by atoms with Crippen molar-refractivity contribution in [3.05, 3.63) is 29.8 Å². The number of hydrogen-bond acceptors (Lipinski definition) is 2. The van der Waals surface area contributed by atoms with Crippen LogP contribution in [0, 0.1) is 5.92 Å². The van der Waals surface area contributed by atoms with Crippen LogP contribution in [0.4, 0.5) is 13.2 Å². The van der Waals surface area contributed by atoms with Crippen LogP contribution < -0.4 is 4.74 Å². The van der Waals surface area contributed by atoms with Gasteiger partial charge in [0.25, 0.3) is 0 Å². The number of halogens is 3. The van der Waals surface area contributed by atoms with Gasteiger partial charge in [-0.1, -0.05) is 13.0 Å². The van der Waals surface area contributed by atoms with E-state index in [-0.39, 0.29) is 11.7 Å². The van der Waals surface area contributed by atoms with Gasteiger partial charge in [0.15, 0.2) is 0 Å². The molecule has 0 amide bonds. The Morgan fingerprint density at radius 3 is 2.62 bits per heavy atom. The zero-order valence-corrected chi connectivity index (χ0v) is 9.68. The van der Waals surface area contributed by atoms with Crippen molar-refractivity contribution in [1.82, 2.24) is 0 Å². The quantitative estimate of drug-likeness (QED) is 0.802. The molecule has 0 aliphatic rings. The summed E-state index contributed by atoms with van der Waals surface area (Å²) in [5, 5.41) is 0. The zero-order valence-electron chi connectivity index (χ0n) is 8.79. The molecule has 0 bridgehead atoms. The molecule has 5 heteroatoms. The summed E-state index contributed by atoms with van der Waals surface area (Å²) < 4.78 is 42.3. The summed E-state index contributed by atoms with van der Waals surface area (Å²) in [6.07, 6.45) is -4.32. The summed E-state index contributed by atoms with van der Waals surface area (Å²) in [6.45, 7) is 2.28. The number of alkyl halides is 3. The van der Waals surface area contributed by atoms with Crippen molar-refractivity contribution < 1.29 is 17.9 Å². The molecule has 1 unspecified atom stereocenters.